The molecule has 10 nitrogen and oxygen atoms in total. The minimum Gasteiger partial charge on any atom is -0.408 e. The number of ether oxygens (including phenoxy) is 1. The number of halogens is 2. The Kier molecular flexibility index (Phi) is 8.54. The molecule has 1 aromatic carbocycles. The number of phosphoric acid groups is 1. The lowest BCUT2D eigenvalue weighted by atomic mass is 9.98. The van der Waals surface area contributed by atoms with Gasteiger partial charge >= 0.3 is 13.5 Å². The summed E-state index contributed by atoms with van der Waals surface area (Å²) in [5.74, 6) is 0.00251. The fraction of sp³-hybridized carbons (Fsp3) is 0.600. The van der Waals surface area contributed by atoms with Crippen LogP contribution >= 0.6 is 19.4 Å². The predicted octanol–water partition coefficient (Wildman–Crippen LogP) is 5.80. The van der Waals surface area contributed by atoms with Gasteiger partial charge in [0.15, 0.2) is 20.2 Å². The van der Waals surface area contributed by atoms with Gasteiger partial charge in [0.05, 0.1) is 19.3 Å². The number of hydrogen-bond donors (Lipinski definition) is 1. The van der Waals surface area contributed by atoms with Gasteiger partial charge in [0, 0.05) is 17.6 Å². The highest BCUT2D eigenvalue weighted by Crippen LogP contribution is 2.58. The Balaban J connectivity index is 1.59. The number of nitrogen functional groups attached to an aromatic ring is 1. The van der Waals surface area contributed by atoms with Crippen LogP contribution in [0.5, 0.6) is 0 Å². The van der Waals surface area contributed by atoms with E-state index in [0.717, 1.165) is 10.1 Å². The van der Waals surface area contributed by atoms with Crippen molar-refractivity contribution in [2.24, 2.45) is 0 Å². The number of alkyl halides is 1. The number of rotatable bonds is 7. The third-order valence-corrected chi connectivity index (χ3v) is 13.7. The summed E-state index contributed by atoms with van der Waals surface area (Å²) in [7, 11) is -6.59. The molecule has 216 valence electrons. The molecule has 0 amide bonds. The third-order valence-electron chi connectivity index (χ3n) is 7.52. The van der Waals surface area contributed by atoms with Crippen molar-refractivity contribution in [1.82, 2.24) is 9.55 Å². The Hall–Kier alpha value is -1.63. The highest BCUT2D eigenvalue weighted by molar-refractivity contribution is 7.48. The smallest absolute Gasteiger partial charge is 0.408 e. The Morgan fingerprint density at radius 2 is 2.05 bits per heavy atom. The van der Waals surface area contributed by atoms with Gasteiger partial charge in [0.25, 0.3) is 0 Å². The normalized spacial score (nSPS) is 31.9. The van der Waals surface area contributed by atoms with E-state index in [9.17, 15) is 9.36 Å². The van der Waals surface area contributed by atoms with Crippen molar-refractivity contribution in [2.45, 2.75) is 82.5 Å². The van der Waals surface area contributed by atoms with Gasteiger partial charge in [-0.2, -0.15) is 4.98 Å². The maximum absolute atomic E-state index is 16.6. The van der Waals surface area contributed by atoms with Crippen LogP contribution in [0.2, 0.25) is 23.2 Å². The van der Waals surface area contributed by atoms with Crippen LogP contribution in [0.15, 0.2) is 41.3 Å². The molecule has 0 spiro atoms. The number of nitrogens with zero attached hydrogens (tertiary/aromatic N) is 2. The Bertz CT molecular complexity index is 1300. The van der Waals surface area contributed by atoms with Crippen molar-refractivity contribution >= 4 is 33.6 Å². The van der Waals surface area contributed by atoms with E-state index >= 15 is 4.39 Å². The molecule has 4 rings (SSSR count). The third kappa shape index (κ3) is 6.49. The molecule has 14 heteroatoms. The molecule has 0 radical (unpaired) electrons. The maximum atomic E-state index is 16.6. The van der Waals surface area contributed by atoms with Crippen LogP contribution in [0, 0.1) is 0 Å². The van der Waals surface area contributed by atoms with Gasteiger partial charge in [-0.3, -0.25) is 18.1 Å². The van der Waals surface area contributed by atoms with Gasteiger partial charge in [0.2, 0.25) is 0 Å². The second-order valence-electron chi connectivity index (χ2n) is 11.5. The van der Waals surface area contributed by atoms with E-state index in [4.69, 9.17) is 40.1 Å². The summed E-state index contributed by atoms with van der Waals surface area (Å²) in [5, 5.41) is 0.266. The Morgan fingerprint density at radius 3 is 2.69 bits per heavy atom. The molecule has 2 saturated heterocycles. The van der Waals surface area contributed by atoms with Crippen LogP contribution < -0.4 is 11.4 Å². The monoisotopic (exact) mass is 603 g/mol. The average molecular weight is 604 g/mol. The minimum atomic E-state index is -4.05. The van der Waals surface area contributed by atoms with Crippen molar-refractivity contribution < 1.29 is 31.7 Å². The van der Waals surface area contributed by atoms with Gasteiger partial charge in [-0.25, -0.2) is 13.8 Å². The molecule has 2 N–H and O–H groups in total. The fourth-order valence-electron chi connectivity index (χ4n) is 4.31. The molecule has 2 aromatic rings. The lowest BCUT2D eigenvalue weighted by Crippen LogP contribution is -2.53. The van der Waals surface area contributed by atoms with E-state index in [1.54, 1.807) is 18.2 Å². The van der Waals surface area contributed by atoms with Crippen molar-refractivity contribution in [1.29, 1.82) is 0 Å². The highest BCUT2D eigenvalue weighted by atomic mass is 35.5. The molecule has 1 aromatic heterocycles. The summed E-state index contributed by atoms with van der Waals surface area (Å²) in [5.41, 5.74) is 3.40. The highest BCUT2D eigenvalue weighted by Gasteiger charge is 2.59. The fourth-order valence-corrected chi connectivity index (χ4v) is 7.27. The van der Waals surface area contributed by atoms with Crippen molar-refractivity contribution in [3.8, 4) is 0 Å². The number of hydrogen-bond acceptors (Lipinski definition) is 9. The summed E-state index contributed by atoms with van der Waals surface area (Å²) in [6, 6.07) is 8.42. The topological polar surface area (TPSA) is 124 Å². The molecular weight excluding hydrogens is 568 g/mol. The van der Waals surface area contributed by atoms with E-state index in [-0.39, 0.29) is 24.1 Å². The first-order valence-corrected chi connectivity index (χ1v) is 17.5. The summed E-state index contributed by atoms with van der Waals surface area (Å²) < 4.78 is 60.5. The molecule has 2 fully saturated rings. The first kappa shape index (κ1) is 30.3. The summed E-state index contributed by atoms with van der Waals surface area (Å²) in [6.45, 7) is 11.1. The summed E-state index contributed by atoms with van der Waals surface area (Å²) in [6.07, 6.45) is -2.39. The maximum Gasteiger partial charge on any atom is 0.475 e. The minimum absolute atomic E-state index is 0.00251. The van der Waals surface area contributed by atoms with E-state index in [2.05, 4.69) is 4.98 Å². The second-order valence-corrected chi connectivity index (χ2v) is 18.3. The van der Waals surface area contributed by atoms with Crippen molar-refractivity contribution in [3.05, 3.63) is 57.6 Å². The number of phosphoric ester groups is 1. The zero-order chi connectivity index (χ0) is 28.8. The number of anilines is 1. The van der Waals surface area contributed by atoms with Crippen LogP contribution in [0.25, 0.3) is 0 Å². The SMILES string of the molecule is CC(C)(C)[Si](C)(C)O[C@@H]1[C@@H](CO[P@@]2(=O)OCC[C@@H](c3cccc(Cl)c3)O2)OC(n2ccc(N)nc2=O)[C@@]1(C)F. The average Bonchev–Trinajstić information content (AvgIpc) is 3.06. The Morgan fingerprint density at radius 1 is 1.33 bits per heavy atom. The molecule has 0 saturated carbocycles. The van der Waals surface area contributed by atoms with Gasteiger partial charge in [-0.15, -0.1) is 0 Å². The molecule has 6 atom stereocenters. The summed E-state index contributed by atoms with van der Waals surface area (Å²) in [4.78, 5) is 16.3. The van der Waals surface area contributed by atoms with Crippen LogP contribution in [0.3, 0.4) is 0 Å². The predicted molar refractivity (Wildman–Crippen MR) is 148 cm³/mol. The largest absolute Gasteiger partial charge is 0.475 e. The number of benzene rings is 1. The zero-order valence-corrected chi connectivity index (χ0v) is 25.6. The van der Waals surface area contributed by atoms with Crippen LogP contribution in [0.4, 0.5) is 10.2 Å². The van der Waals surface area contributed by atoms with E-state index in [1.807, 2.05) is 39.9 Å². The lowest BCUT2D eigenvalue weighted by molar-refractivity contribution is -0.0652. The molecule has 0 aliphatic carbocycles. The Labute approximate surface area is 233 Å². The molecule has 1 unspecified atom stereocenters. The van der Waals surface area contributed by atoms with Crippen molar-refractivity contribution in [3.63, 3.8) is 0 Å². The quantitative estimate of drug-likeness (QED) is 0.309. The molecule has 39 heavy (non-hydrogen) atoms. The first-order valence-electron chi connectivity index (χ1n) is 12.7. The van der Waals surface area contributed by atoms with Crippen LogP contribution in [0.1, 0.15) is 52.0 Å². The second kappa shape index (κ2) is 11.0. The molecular formula is C25H36ClFN3O7PSi. The number of nitrogens with two attached hydrogens (primary N) is 1. The van der Waals surface area contributed by atoms with Gasteiger partial charge in [-0.1, -0.05) is 44.5 Å². The number of aromatic nitrogens is 2. The molecule has 0 bridgehead atoms. The van der Waals surface area contributed by atoms with Crippen LogP contribution in [-0.4, -0.2) is 49.0 Å². The van der Waals surface area contributed by atoms with E-state index in [1.165, 1.54) is 19.2 Å². The van der Waals surface area contributed by atoms with E-state index in [0.29, 0.717) is 11.4 Å². The van der Waals surface area contributed by atoms with Crippen molar-refractivity contribution in [2.75, 3.05) is 18.9 Å². The molecule has 3 heterocycles. The van der Waals surface area contributed by atoms with Gasteiger partial charge < -0.3 is 14.9 Å². The van der Waals surface area contributed by atoms with E-state index < -0.39 is 52.0 Å². The van der Waals surface area contributed by atoms with Gasteiger partial charge in [-0.05, 0) is 48.8 Å². The standard InChI is InChI=1S/C25H36ClFN3O7PSi/c1-24(2,3)39(5,6)37-21-19(35-22(25(21,4)27)30-12-10-20(28)29-23(30)31)15-34-38(32)33-13-11-18(36-38)16-8-7-9-17(26)14-16/h7-10,12,14,18-19,21-22H,11,13,15H2,1-6H3,(H2,28,29,31)/t18-,19+,21+,22?,25-,38+/m0/s1. The lowest BCUT2D eigenvalue weighted by Gasteiger charge is -2.41. The molecule has 2 aliphatic heterocycles. The van der Waals surface area contributed by atoms with Crippen LogP contribution in [-0.2, 0) is 27.3 Å². The molecule has 2 aliphatic rings. The zero-order valence-electron chi connectivity index (χ0n) is 22.9. The first-order chi connectivity index (χ1) is 18.0. The van der Waals surface area contributed by atoms with Gasteiger partial charge in [0.1, 0.15) is 18.0 Å². The summed E-state index contributed by atoms with van der Waals surface area (Å²) >= 11 is 6.11.